The molecule has 4 aromatic rings. The minimum Gasteiger partial charge on any atom is -0.454 e. The number of benzene rings is 2. The molecule has 2 aromatic heterocycles. The van der Waals surface area contributed by atoms with Gasteiger partial charge in [-0.05, 0) is 17.7 Å². The smallest absolute Gasteiger partial charge is 0.341 e. The van der Waals surface area contributed by atoms with Crippen molar-refractivity contribution in [1.82, 2.24) is 9.97 Å². The number of carbonyl (C=O) groups is 1. The molecule has 0 aliphatic carbocycles. The van der Waals surface area contributed by atoms with Crippen molar-refractivity contribution in [3.63, 3.8) is 0 Å². The lowest BCUT2D eigenvalue weighted by Crippen LogP contribution is -2.14. The largest absolute Gasteiger partial charge is 0.454 e. The summed E-state index contributed by atoms with van der Waals surface area (Å²) in [6.07, 6.45) is 0. The third kappa shape index (κ3) is 3.41. The van der Waals surface area contributed by atoms with Gasteiger partial charge in [0.25, 0.3) is 5.56 Å². The predicted molar refractivity (Wildman–Crippen MR) is 101 cm³/mol. The number of aromatic amines is 1. The Bertz CT molecular complexity index is 1240. The molecule has 4 rings (SSSR count). The molecule has 0 amide bonds. The Morgan fingerprint density at radius 2 is 1.93 bits per heavy atom. The topological polar surface area (TPSA) is 72.0 Å². The standard InChI is InChI=1S/C20H12F2N2O3S/c21-12-6-7-13(15(22)8-12)20(26)27-9-16-23-18(25)17-14(10-28-19(17)24-16)11-4-2-1-3-5-11/h1-8,10H,9H2,(H,23,24,25). The highest BCUT2D eigenvalue weighted by Crippen LogP contribution is 2.30. The number of thiophene rings is 1. The van der Waals surface area contributed by atoms with Crippen LogP contribution in [0.15, 0.2) is 58.7 Å². The summed E-state index contributed by atoms with van der Waals surface area (Å²) in [7, 11) is 0. The van der Waals surface area contributed by atoms with Crippen LogP contribution >= 0.6 is 11.3 Å². The minimum absolute atomic E-state index is 0.134. The molecule has 2 aromatic carbocycles. The van der Waals surface area contributed by atoms with Gasteiger partial charge in [-0.3, -0.25) is 4.79 Å². The summed E-state index contributed by atoms with van der Waals surface area (Å²) in [4.78, 5) is 31.9. The van der Waals surface area contributed by atoms with Gasteiger partial charge in [0.05, 0.1) is 10.9 Å². The molecule has 0 fully saturated rings. The fourth-order valence-electron chi connectivity index (χ4n) is 2.76. The van der Waals surface area contributed by atoms with E-state index in [1.165, 1.54) is 11.3 Å². The molecular formula is C20H12F2N2O3S. The Hall–Kier alpha value is -3.39. The number of H-pyrrole nitrogens is 1. The van der Waals surface area contributed by atoms with Crippen LogP contribution in [-0.2, 0) is 11.3 Å². The molecule has 0 spiro atoms. The van der Waals surface area contributed by atoms with Gasteiger partial charge < -0.3 is 9.72 Å². The van der Waals surface area contributed by atoms with E-state index in [-0.39, 0.29) is 18.0 Å². The number of aromatic nitrogens is 2. The molecule has 0 radical (unpaired) electrons. The van der Waals surface area contributed by atoms with Gasteiger partial charge in [0.15, 0.2) is 0 Å². The van der Waals surface area contributed by atoms with Gasteiger partial charge in [-0.2, -0.15) is 0 Å². The van der Waals surface area contributed by atoms with Crippen LogP contribution < -0.4 is 5.56 Å². The molecular weight excluding hydrogens is 386 g/mol. The number of ether oxygens (including phenoxy) is 1. The monoisotopic (exact) mass is 398 g/mol. The Kier molecular flexibility index (Phi) is 4.70. The molecule has 0 aliphatic heterocycles. The normalized spacial score (nSPS) is 10.9. The average molecular weight is 398 g/mol. The van der Waals surface area contributed by atoms with Crippen molar-refractivity contribution in [1.29, 1.82) is 0 Å². The number of carbonyl (C=O) groups excluding carboxylic acids is 1. The number of halogens is 2. The van der Waals surface area contributed by atoms with E-state index >= 15 is 0 Å². The van der Waals surface area contributed by atoms with Gasteiger partial charge in [0.1, 0.15) is 28.9 Å². The van der Waals surface area contributed by atoms with Crippen LogP contribution in [-0.4, -0.2) is 15.9 Å². The first kappa shape index (κ1) is 18.0. The van der Waals surface area contributed by atoms with Gasteiger partial charge in [0.2, 0.25) is 0 Å². The maximum Gasteiger partial charge on any atom is 0.341 e. The summed E-state index contributed by atoms with van der Waals surface area (Å²) in [5.74, 6) is -2.66. The molecule has 2 heterocycles. The van der Waals surface area contributed by atoms with Crippen molar-refractivity contribution < 1.29 is 18.3 Å². The zero-order chi connectivity index (χ0) is 19.7. The second-order valence-electron chi connectivity index (χ2n) is 5.91. The highest BCUT2D eigenvalue weighted by atomic mass is 32.1. The number of esters is 1. The SMILES string of the molecule is O=C(OCc1nc2scc(-c3ccccc3)c2c(=O)[nH]1)c1ccc(F)cc1F. The van der Waals surface area contributed by atoms with Crippen molar-refractivity contribution in [2.24, 2.45) is 0 Å². The number of nitrogens with one attached hydrogen (secondary N) is 1. The second kappa shape index (κ2) is 7.32. The van der Waals surface area contributed by atoms with Crippen LogP contribution in [0.3, 0.4) is 0 Å². The molecule has 0 atom stereocenters. The lowest BCUT2D eigenvalue weighted by Gasteiger charge is -2.06. The van der Waals surface area contributed by atoms with Gasteiger partial charge in [-0.1, -0.05) is 30.3 Å². The molecule has 140 valence electrons. The predicted octanol–water partition coefficient (Wildman–Crippen LogP) is 4.29. The summed E-state index contributed by atoms with van der Waals surface area (Å²) < 4.78 is 31.6. The fraction of sp³-hybridized carbons (Fsp3) is 0.0500. The molecule has 0 bridgehead atoms. The van der Waals surface area contributed by atoms with Gasteiger partial charge in [-0.25, -0.2) is 18.6 Å². The number of fused-ring (bicyclic) bond motifs is 1. The summed E-state index contributed by atoms with van der Waals surface area (Å²) in [6.45, 7) is -0.348. The lowest BCUT2D eigenvalue weighted by molar-refractivity contribution is 0.0457. The van der Waals surface area contributed by atoms with E-state index in [0.29, 0.717) is 16.3 Å². The molecule has 28 heavy (non-hydrogen) atoms. The summed E-state index contributed by atoms with van der Waals surface area (Å²) >= 11 is 1.30. The van der Waals surface area contributed by atoms with E-state index in [2.05, 4.69) is 9.97 Å². The molecule has 0 aliphatic rings. The number of nitrogens with zero attached hydrogens (tertiary/aromatic N) is 1. The highest BCUT2D eigenvalue weighted by Gasteiger charge is 2.16. The number of hydrogen-bond donors (Lipinski definition) is 1. The van der Waals surface area contributed by atoms with Crippen LogP contribution in [0.2, 0.25) is 0 Å². The first-order chi connectivity index (χ1) is 13.5. The quantitative estimate of drug-likeness (QED) is 0.521. The maximum atomic E-state index is 13.7. The maximum absolute atomic E-state index is 13.7. The van der Waals surface area contributed by atoms with E-state index in [1.807, 2.05) is 35.7 Å². The summed E-state index contributed by atoms with van der Waals surface area (Å²) in [5.41, 5.74) is 0.912. The third-order valence-corrected chi connectivity index (χ3v) is 4.94. The first-order valence-electron chi connectivity index (χ1n) is 8.21. The van der Waals surface area contributed by atoms with Gasteiger partial charge in [-0.15, -0.1) is 11.3 Å². The lowest BCUT2D eigenvalue weighted by atomic mass is 10.1. The Balaban J connectivity index is 1.59. The van der Waals surface area contributed by atoms with Crippen molar-refractivity contribution >= 4 is 27.5 Å². The molecule has 0 saturated carbocycles. The molecule has 0 saturated heterocycles. The van der Waals surface area contributed by atoms with Crippen molar-refractivity contribution in [3.8, 4) is 11.1 Å². The van der Waals surface area contributed by atoms with E-state index in [1.54, 1.807) is 0 Å². The Morgan fingerprint density at radius 3 is 2.68 bits per heavy atom. The first-order valence-corrected chi connectivity index (χ1v) is 9.09. The van der Waals surface area contributed by atoms with E-state index in [0.717, 1.165) is 23.3 Å². The zero-order valence-corrected chi connectivity index (χ0v) is 15.1. The van der Waals surface area contributed by atoms with Crippen LogP contribution in [0.4, 0.5) is 8.78 Å². The average Bonchev–Trinajstić information content (AvgIpc) is 3.11. The highest BCUT2D eigenvalue weighted by molar-refractivity contribution is 7.17. The van der Waals surface area contributed by atoms with Gasteiger partial charge >= 0.3 is 5.97 Å². The van der Waals surface area contributed by atoms with Crippen LogP contribution in [0, 0.1) is 11.6 Å². The van der Waals surface area contributed by atoms with Crippen LogP contribution in [0.25, 0.3) is 21.3 Å². The van der Waals surface area contributed by atoms with E-state index in [4.69, 9.17) is 4.74 Å². The zero-order valence-electron chi connectivity index (χ0n) is 14.2. The molecule has 5 nitrogen and oxygen atoms in total. The third-order valence-electron chi connectivity index (χ3n) is 4.07. The fourth-order valence-corrected chi connectivity index (χ4v) is 3.73. The van der Waals surface area contributed by atoms with E-state index < -0.39 is 23.2 Å². The summed E-state index contributed by atoms with van der Waals surface area (Å²) in [5, 5.41) is 2.29. The minimum atomic E-state index is -1.02. The Morgan fingerprint density at radius 1 is 1.14 bits per heavy atom. The molecule has 0 unspecified atom stereocenters. The summed E-state index contributed by atoms with van der Waals surface area (Å²) in [6, 6.07) is 12.0. The van der Waals surface area contributed by atoms with Crippen LogP contribution in [0.1, 0.15) is 16.2 Å². The molecule has 8 heteroatoms. The Labute approximate surface area is 161 Å². The van der Waals surface area contributed by atoms with Crippen molar-refractivity contribution in [2.75, 3.05) is 0 Å². The van der Waals surface area contributed by atoms with Crippen molar-refractivity contribution in [3.05, 3.63) is 87.3 Å². The number of hydrogen-bond acceptors (Lipinski definition) is 5. The van der Waals surface area contributed by atoms with E-state index in [9.17, 15) is 18.4 Å². The second-order valence-corrected chi connectivity index (χ2v) is 6.77. The van der Waals surface area contributed by atoms with Crippen molar-refractivity contribution in [2.45, 2.75) is 6.61 Å². The molecule has 1 N–H and O–H groups in total. The van der Waals surface area contributed by atoms with Gasteiger partial charge in [0, 0.05) is 17.0 Å². The van der Waals surface area contributed by atoms with Crippen LogP contribution in [0.5, 0.6) is 0 Å². The number of rotatable bonds is 4.